The molecule has 0 saturated heterocycles. The Morgan fingerprint density at radius 2 is 1.83 bits per heavy atom. The Balaban J connectivity index is 1.99. The summed E-state index contributed by atoms with van der Waals surface area (Å²) in [5.74, 6) is 0. The van der Waals surface area contributed by atoms with Gasteiger partial charge < -0.3 is 9.47 Å². The predicted molar refractivity (Wildman–Crippen MR) is 74.9 cm³/mol. The molecule has 1 aliphatic rings. The quantitative estimate of drug-likeness (QED) is 0.818. The fraction of sp³-hybridized carbons (Fsp3) is 0.667. The number of nitrogens with zero attached hydrogens (tertiary/aromatic N) is 2. The van der Waals surface area contributed by atoms with Crippen LogP contribution in [-0.4, -0.2) is 28.6 Å². The minimum atomic E-state index is 0.142. The Morgan fingerprint density at radius 3 is 2.39 bits per heavy atom. The molecule has 0 atom stereocenters. The summed E-state index contributed by atoms with van der Waals surface area (Å²) in [4.78, 5) is 14.3. The Bertz CT molecular complexity index is 415. The van der Waals surface area contributed by atoms with Crippen molar-refractivity contribution in [2.24, 2.45) is 0 Å². The van der Waals surface area contributed by atoms with Crippen LogP contribution in [0.15, 0.2) is 29.2 Å². The van der Waals surface area contributed by atoms with Gasteiger partial charge in [0.1, 0.15) is 0 Å². The molecule has 2 rings (SSSR count). The van der Waals surface area contributed by atoms with Crippen LogP contribution in [0.1, 0.15) is 45.6 Å². The van der Waals surface area contributed by atoms with Crippen molar-refractivity contribution in [3.63, 3.8) is 0 Å². The molecular formula is C15H24N2O. The largest absolute Gasteiger partial charge is 0.312 e. The number of aromatic nitrogens is 1. The summed E-state index contributed by atoms with van der Waals surface area (Å²) in [7, 11) is 0. The van der Waals surface area contributed by atoms with Crippen LogP contribution in [0.2, 0.25) is 0 Å². The minimum Gasteiger partial charge on any atom is -0.312 e. The maximum absolute atomic E-state index is 11.8. The summed E-state index contributed by atoms with van der Waals surface area (Å²) in [5.41, 5.74) is 0.142. The molecule has 1 aliphatic carbocycles. The highest BCUT2D eigenvalue weighted by Crippen LogP contribution is 2.29. The molecule has 1 aromatic rings. The molecule has 3 heteroatoms. The molecule has 1 heterocycles. The highest BCUT2D eigenvalue weighted by molar-refractivity contribution is 4.96. The van der Waals surface area contributed by atoms with E-state index in [0.29, 0.717) is 6.04 Å². The summed E-state index contributed by atoms with van der Waals surface area (Å²) in [6.45, 7) is 6.74. The average Bonchev–Trinajstić information content (AvgIpc) is 2.42. The van der Waals surface area contributed by atoms with Gasteiger partial charge in [0.05, 0.1) is 0 Å². The first-order valence-electron chi connectivity index (χ1n) is 7.17. The third-order valence-corrected chi connectivity index (χ3v) is 4.24. The van der Waals surface area contributed by atoms with E-state index in [-0.39, 0.29) is 5.56 Å². The average molecular weight is 248 g/mol. The van der Waals surface area contributed by atoms with E-state index in [1.54, 1.807) is 6.07 Å². The van der Waals surface area contributed by atoms with E-state index in [9.17, 15) is 4.79 Å². The number of pyridine rings is 1. The van der Waals surface area contributed by atoms with Gasteiger partial charge in [0, 0.05) is 24.3 Å². The van der Waals surface area contributed by atoms with Crippen molar-refractivity contribution < 1.29 is 0 Å². The maximum Gasteiger partial charge on any atom is 0.250 e. The van der Waals surface area contributed by atoms with E-state index in [1.807, 2.05) is 22.9 Å². The van der Waals surface area contributed by atoms with Gasteiger partial charge >= 0.3 is 0 Å². The lowest BCUT2D eigenvalue weighted by molar-refractivity contribution is 0.149. The van der Waals surface area contributed by atoms with Crippen molar-refractivity contribution in [1.82, 2.24) is 9.47 Å². The van der Waals surface area contributed by atoms with Gasteiger partial charge in [0.15, 0.2) is 0 Å². The molecule has 0 bridgehead atoms. The van der Waals surface area contributed by atoms with E-state index < -0.39 is 0 Å². The van der Waals surface area contributed by atoms with Crippen LogP contribution in [0.5, 0.6) is 0 Å². The lowest BCUT2D eigenvalue weighted by Crippen LogP contribution is -2.39. The van der Waals surface area contributed by atoms with Gasteiger partial charge in [-0.2, -0.15) is 0 Å². The van der Waals surface area contributed by atoms with Gasteiger partial charge in [-0.3, -0.25) is 4.79 Å². The van der Waals surface area contributed by atoms with Crippen molar-refractivity contribution in [3.8, 4) is 0 Å². The van der Waals surface area contributed by atoms with E-state index in [2.05, 4.69) is 18.7 Å². The van der Waals surface area contributed by atoms with Crippen molar-refractivity contribution in [2.75, 3.05) is 13.1 Å². The molecule has 0 spiro atoms. The van der Waals surface area contributed by atoms with Crippen LogP contribution < -0.4 is 5.56 Å². The normalized spacial score (nSPS) is 24.4. The molecule has 3 nitrogen and oxygen atoms in total. The van der Waals surface area contributed by atoms with Crippen molar-refractivity contribution in [1.29, 1.82) is 0 Å². The zero-order valence-corrected chi connectivity index (χ0v) is 11.5. The van der Waals surface area contributed by atoms with Gasteiger partial charge in [-0.1, -0.05) is 19.9 Å². The third-order valence-electron chi connectivity index (χ3n) is 4.24. The molecule has 0 radical (unpaired) electrons. The van der Waals surface area contributed by atoms with Gasteiger partial charge in [-0.25, -0.2) is 0 Å². The predicted octanol–water partition coefficient (Wildman–Crippen LogP) is 2.67. The molecule has 1 fully saturated rings. The monoisotopic (exact) mass is 248 g/mol. The van der Waals surface area contributed by atoms with Gasteiger partial charge in [-0.15, -0.1) is 0 Å². The van der Waals surface area contributed by atoms with E-state index in [1.165, 1.54) is 12.8 Å². The first kappa shape index (κ1) is 13.3. The first-order valence-corrected chi connectivity index (χ1v) is 7.17. The second-order valence-corrected chi connectivity index (χ2v) is 5.13. The van der Waals surface area contributed by atoms with E-state index >= 15 is 0 Å². The lowest BCUT2D eigenvalue weighted by Gasteiger charge is -2.36. The van der Waals surface area contributed by atoms with Crippen LogP contribution in [-0.2, 0) is 0 Å². The maximum atomic E-state index is 11.8. The first-order chi connectivity index (χ1) is 8.76. The highest BCUT2D eigenvalue weighted by Gasteiger charge is 2.25. The molecule has 0 N–H and O–H groups in total. The van der Waals surface area contributed by atoms with Crippen LogP contribution in [0.4, 0.5) is 0 Å². The zero-order chi connectivity index (χ0) is 13.0. The van der Waals surface area contributed by atoms with E-state index in [4.69, 9.17) is 0 Å². The summed E-state index contributed by atoms with van der Waals surface area (Å²) >= 11 is 0. The van der Waals surface area contributed by atoms with Crippen molar-refractivity contribution >= 4 is 0 Å². The lowest BCUT2D eigenvalue weighted by atomic mass is 9.90. The van der Waals surface area contributed by atoms with Crippen molar-refractivity contribution in [3.05, 3.63) is 34.7 Å². The van der Waals surface area contributed by atoms with Gasteiger partial charge in [0.2, 0.25) is 0 Å². The third kappa shape index (κ3) is 2.83. The second kappa shape index (κ2) is 6.19. The Labute approximate surface area is 109 Å². The fourth-order valence-electron chi connectivity index (χ4n) is 3.18. The standard InChI is InChI=1S/C15H24N2O/c1-3-16(4-2)13-8-10-14(11-9-13)17-12-6-5-7-15(17)18/h5-7,12-14H,3-4,8-11H2,1-2H3. The number of hydrogen-bond acceptors (Lipinski definition) is 2. The molecule has 1 aromatic heterocycles. The summed E-state index contributed by atoms with van der Waals surface area (Å²) < 4.78 is 1.92. The number of hydrogen-bond donors (Lipinski definition) is 0. The Kier molecular flexibility index (Phi) is 4.59. The molecule has 0 amide bonds. The molecule has 0 aliphatic heterocycles. The number of rotatable bonds is 4. The molecule has 0 unspecified atom stereocenters. The summed E-state index contributed by atoms with van der Waals surface area (Å²) in [6.07, 6.45) is 6.63. The summed E-state index contributed by atoms with van der Waals surface area (Å²) in [6, 6.07) is 6.57. The topological polar surface area (TPSA) is 25.2 Å². The highest BCUT2D eigenvalue weighted by atomic mass is 16.1. The smallest absolute Gasteiger partial charge is 0.250 e. The molecule has 0 aromatic carbocycles. The summed E-state index contributed by atoms with van der Waals surface area (Å²) in [5, 5.41) is 0. The molecular weight excluding hydrogens is 224 g/mol. The van der Waals surface area contributed by atoms with Crippen LogP contribution in [0.3, 0.4) is 0 Å². The minimum absolute atomic E-state index is 0.142. The van der Waals surface area contributed by atoms with E-state index in [0.717, 1.165) is 32.0 Å². The fourth-order valence-corrected chi connectivity index (χ4v) is 3.18. The van der Waals surface area contributed by atoms with Gasteiger partial charge in [-0.05, 0) is 44.8 Å². The second-order valence-electron chi connectivity index (χ2n) is 5.13. The van der Waals surface area contributed by atoms with Crippen LogP contribution in [0, 0.1) is 0 Å². The Hall–Kier alpha value is -1.09. The van der Waals surface area contributed by atoms with Crippen LogP contribution in [0.25, 0.3) is 0 Å². The Morgan fingerprint density at radius 1 is 1.17 bits per heavy atom. The molecule has 100 valence electrons. The SMILES string of the molecule is CCN(CC)C1CCC(n2ccccc2=O)CC1. The molecule has 1 saturated carbocycles. The van der Waals surface area contributed by atoms with Crippen molar-refractivity contribution in [2.45, 2.75) is 51.6 Å². The van der Waals surface area contributed by atoms with Crippen LogP contribution >= 0.6 is 0 Å². The molecule has 18 heavy (non-hydrogen) atoms. The zero-order valence-electron chi connectivity index (χ0n) is 11.5. The van der Waals surface area contributed by atoms with Gasteiger partial charge in [0.25, 0.3) is 5.56 Å².